The molecule has 0 saturated carbocycles. The summed E-state index contributed by atoms with van der Waals surface area (Å²) in [5.41, 5.74) is -0.0822. The van der Waals surface area contributed by atoms with Crippen LogP contribution in [0.2, 0.25) is 0 Å². The van der Waals surface area contributed by atoms with Crippen LogP contribution in [-0.2, 0) is 20.8 Å². The van der Waals surface area contributed by atoms with Gasteiger partial charge in [-0.25, -0.2) is 4.79 Å². The second-order valence-corrected chi connectivity index (χ2v) is 7.36. The van der Waals surface area contributed by atoms with E-state index in [1.165, 1.54) is 4.90 Å². The summed E-state index contributed by atoms with van der Waals surface area (Å²) >= 11 is 0. The maximum atomic E-state index is 12.9. The fourth-order valence-corrected chi connectivity index (χ4v) is 3.28. The van der Waals surface area contributed by atoms with Crippen LogP contribution >= 0.6 is 0 Å². The molecule has 1 aromatic rings. The highest BCUT2D eigenvalue weighted by atomic mass is 16.5. The first-order chi connectivity index (χ1) is 14.2. The van der Waals surface area contributed by atoms with E-state index in [1.54, 1.807) is 27.9 Å². The number of amides is 5. The molecule has 0 radical (unpaired) electrons. The van der Waals surface area contributed by atoms with Gasteiger partial charge < -0.3 is 20.3 Å². The number of urea groups is 1. The molecule has 0 unspecified atom stereocenters. The molecule has 0 aliphatic carbocycles. The van der Waals surface area contributed by atoms with Crippen LogP contribution in [0.4, 0.5) is 4.79 Å². The van der Waals surface area contributed by atoms with E-state index in [0.717, 1.165) is 16.2 Å². The second-order valence-electron chi connectivity index (χ2n) is 7.36. The number of benzene rings is 1. The second kappa shape index (κ2) is 10.1. The summed E-state index contributed by atoms with van der Waals surface area (Å²) < 4.78 is 5.14. The average Bonchev–Trinajstić information content (AvgIpc) is 2.94. The summed E-state index contributed by atoms with van der Waals surface area (Å²) in [4.78, 5) is 51.9. The topological polar surface area (TPSA) is 108 Å². The van der Waals surface area contributed by atoms with E-state index < -0.39 is 29.9 Å². The van der Waals surface area contributed by atoms with E-state index in [4.69, 9.17) is 4.74 Å². The molecule has 2 rings (SSSR count). The Balaban J connectivity index is 1.99. The number of nitrogens with one attached hydrogen (secondary N) is 2. The Morgan fingerprint density at radius 2 is 1.87 bits per heavy atom. The van der Waals surface area contributed by atoms with Crippen LogP contribution in [0.1, 0.15) is 32.8 Å². The lowest BCUT2D eigenvalue weighted by Crippen LogP contribution is -2.47. The van der Waals surface area contributed by atoms with Crippen molar-refractivity contribution >= 4 is 23.8 Å². The van der Waals surface area contributed by atoms with Crippen LogP contribution in [-0.4, -0.2) is 72.4 Å². The van der Waals surface area contributed by atoms with Crippen LogP contribution < -0.4 is 15.4 Å². The van der Waals surface area contributed by atoms with E-state index >= 15 is 0 Å². The van der Waals surface area contributed by atoms with Crippen molar-refractivity contribution in [1.29, 1.82) is 0 Å². The minimum Gasteiger partial charge on any atom is -0.497 e. The predicted octanol–water partition coefficient (Wildman–Crippen LogP) is 0.923. The lowest BCUT2D eigenvalue weighted by molar-refractivity contribution is -0.140. The van der Waals surface area contributed by atoms with Gasteiger partial charge in [-0.15, -0.1) is 0 Å². The molecule has 0 aromatic heterocycles. The first kappa shape index (κ1) is 23.2. The number of nitrogens with zero attached hydrogens (tertiary/aromatic N) is 2. The van der Waals surface area contributed by atoms with Gasteiger partial charge in [-0.3, -0.25) is 19.3 Å². The Labute approximate surface area is 176 Å². The largest absolute Gasteiger partial charge is 0.497 e. The molecule has 2 N–H and O–H groups in total. The van der Waals surface area contributed by atoms with Crippen LogP contribution in [0.25, 0.3) is 0 Å². The minimum absolute atomic E-state index is 0.110. The van der Waals surface area contributed by atoms with Gasteiger partial charge in [0.15, 0.2) is 0 Å². The number of ether oxygens (including phenoxy) is 1. The van der Waals surface area contributed by atoms with Crippen molar-refractivity contribution in [3.63, 3.8) is 0 Å². The van der Waals surface area contributed by atoms with Crippen molar-refractivity contribution in [2.75, 3.05) is 33.3 Å². The molecule has 30 heavy (non-hydrogen) atoms. The predicted molar refractivity (Wildman–Crippen MR) is 111 cm³/mol. The number of carbonyl (C=O) groups is 4. The highest BCUT2D eigenvalue weighted by Gasteiger charge is 2.48. The van der Waals surface area contributed by atoms with Gasteiger partial charge in [-0.05, 0) is 51.3 Å². The molecule has 0 bridgehead atoms. The molecule has 1 saturated heterocycles. The molecule has 5 amide bonds. The summed E-state index contributed by atoms with van der Waals surface area (Å²) in [7, 11) is 1.59. The molecular weight excluding hydrogens is 388 g/mol. The summed E-state index contributed by atoms with van der Waals surface area (Å²) in [6.45, 7) is 5.45. The monoisotopic (exact) mass is 418 g/mol. The first-order valence-electron chi connectivity index (χ1n) is 10.1. The Kier molecular flexibility index (Phi) is 7.79. The molecule has 1 aromatic carbocycles. The van der Waals surface area contributed by atoms with E-state index in [9.17, 15) is 19.2 Å². The van der Waals surface area contributed by atoms with Crippen molar-refractivity contribution in [3.8, 4) is 5.75 Å². The number of aryl methyl sites for hydroxylation is 1. The van der Waals surface area contributed by atoms with Gasteiger partial charge in [0.05, 0.1) is 13.7 Å². The fourth-order valence-electron chi connectivity index (χ4n) is 3.28. The number of hydrogen-bond acceptors (Lipinski definition) is 5. The Morgan fingerprint density at radius 1 is 1.20 bits per heavy atom. The number of imide groups is 1. The zero-order chi connectivity index (χ0) is 22.3. The molecule has 9 nitrogen and oxygen atoms in total. The fraction of sp³-hybridized carbons (Fsp3) is 0.524. The molecule has 1 atom stereocenters. The van der Waals surface area contributed by atoms with Gasteiger partial charge in [-0.2, -0.15) is 0 Å². The number of methoxy groups -OCH3 is 1. The Bertz CT molecular complexity index is 795. The molecule has 1 aliphatic heterocycles. The van der Waals surface area contributed by atoms with Crippen molar-refractivity contribution in [2.24, 2.45) is 0 Å². The highest BCUT2D eigenvalue weighted by Crippen LogP contribution is 2.24. The molecule has 164 valence electrons. The lowest BCUT2D eigenvalue weighted by atomic mass is 9.93. The van der Waals surface area contributed by atoms with Gasteiger partial charge in [0.2, 0.25) is 11.8 Å². The third kappa shape index (κ3) is 5.49. The molecular formula is C21H30N4O5. The zero-order valence-corrected chi connectivity index (χ0v) is 18.0. The minimum atomic E-state index is -1.09. The summed E-state index contributed by atoms with van der Waals surface area (Å²) in [6.07, 6.45) is 0.970. The van der Waals surface area contributed by atoms with E-state index in [-0.39, 0.29) is 12.5 Å². The van der Waals surface area contributed by atoms with Crippen molar-refractivity contribution in [1.82, 2.24) is 20.4 Å². The molecule has 1 fully saturated rings. The Hall–Kier alpha value is -3.10. The van der Waals surface area contributed by atoms with Crippen molar-refractivity contribution in [2.45, 2.75) is 39.2 Å². The van der Waals surface area contributed by atoms with E-state index in [2.05, 4.69) is 10.6 Å². The van der Waals surface area contributed by atoms with E-state index in [1.807, 2.05) is 24.3 Å². The normalized spacial score (nSPS) is 18.2. The summed E-state index contributed by atoms with van der Waals surface area (Å²) in [6, 6.07) is 6.90. The average molecular weight is 418 g/mol. The van der Waals surface area contributed by atoms with Gasteiger partial charge in [-0.1, -0.05) is 12.1 Å². The number of rotatable bonds is 10. The highest BCUT2D eigenvalue weighted by molar-refractivity contribution is 6.08. The standard InChI is InChI=1S/C21H30N4O5/c1-5-22-17(26)13-24(6-2)18(27)14-25-19(28)21(3,23-20(25)29)12-11-15-7-9-16(30-4)10-8-15/h7-10H,5-6,11-14H2,1-4H3,(H,22,26)(H,23,29)/t21-/m1/s1. The van der Waals surface area contributed by atoms with Gasteiger partial charge in [0, 0.05) is 13.1 Å². The maximum absolute atomic E-state index is 12.9. The van der Waals surface area contributed by atoms with Crippen molar-refractivity contribution < 1.29 is 23.9 Å². The van der Waals surface area contributed by atoms with E-state index in [0.29, 0.717) is 25.9 Å². The zero-order valence-electron chi connectivity index (χ0n) is 18.0. The lowest BCUT2D eigenvalue weighted by Gasteiger charge is -2.24. The SMILES string of the molecule is CCNC(=O)CN(CC)C(=O)CN1C(=O)N[C@](C)(CCc2ccc(OC)cc2)C1=O. The third-order valence-electron chi connectivity index (χ3n) is 5.15. The molecule has 0 spiro atoms. The van der Waals surface area contributed by atoms with Crippen molar-refractivity contribution in [3.05, 3.63) is 29.8 Å². The molecule has 1 heterocycles. The summed E-state index contributed by atoms with van der Waals surface area (Å²) in [5, 5.41) is 5.34. The number of likely N-dealkylation sites (N-methyl/N-ethyl adjacent to an activating group) is 2. The van der Waals surface area contributed by atoms with Crippen LogP contribution in [0.5, 0.6) is 5.75 Å². The quantitative estimate of drug-likeness (QED) is 0.550. The van der Waals surface area contributed by atoms with Gasteiger partial charge in [0.1, 0.15) is 17.8 Å². The molecule has 9 heteroatoms. The number of hydrogen-bond donors (Lipinski definition) is 2. The van der Waals surface area contributed by atoms with Gasteiger partial charge >= 0.3 is 6.03 Å². The van der Waals surface area contributed by atoms with Crippen LogP contribution in [0, 0.1) is 0 Å². The maximum Gasteiger partial charge on any atom is 0.325 e. The third-order valence-corrected chi connectivity index (χ3v) is 5.15. The van der Waals surface area contributed by atoms with Crippen LogP contribution in [0.3, 0.4) is 0 Å². The van der Waals surface area contributed by atoms with Crippen LogP contribution in [0.15, 0.2) is 24.3 Å². The summed E-state index contributed by atoms with van der Waals surface area (Å²) in [5.74, 6) is -0.433. The smallest absolute Gasteiger partial charge is 0.325 e. The molecule has 1 aliphatic rings. The van der Waals surface area contributed by atoms with Gasteiger partial charge in [0.25, 0.3) is 5.91 Å². The first-order valence-corrected chi connectivity index (χ1v) is 10.1. The number of carbonyl (C=O) groups excluding carboxylic acids is 4. The Morgan fingerprint density at radius 3 is 2.43 bits per heavy atom.